The molecule has 1 heterocycles. The smallest absolute Gasteiger partial charge is 0.336 e. The third-order valence-corrected chi connectivity index (χ3v) is 4.48. The van der Waals surface area contributed by atoms with Crippen LogP contribution in [0, 0.1) is 0 Å². The highest BCUT2D eigenvalue weighted by Gasteiger charge is 2.29. The zero-order chi connectivity index (χ0) is 14.4. The lowest BCUT2D eigenvalue weighted by atomic mass is 9.99. The number of aromatic carboxylic acids is 1. The fourth-order valence-corrected chi connectivity index (χ4v) is 3.57. The second kappa shape index (κ2) is 4.90. The second-order valence-electron chi connectivity index (χ2n) is 5.08. The number of aromatic nitrogens is 1. The van der Waals surface area contributed by atoms with E-state index in [0.29, 0.717) is 32.4 Å². The first-order valence-corrected chi connectivity index (χ1v) is 7.33. The van der Waals surface area contributed by atoms with Crippen molar-refractivity contribution in [2.24, 2.45) is 0 Å². The van der Waals surface area contributed by atoms with Gasteiger partial charge in [0.25, 0.3) is 0 Å². The maximum absolute atomic E-state index is 11.7. The van der Waals surface area contributed by atoms with E-state index in [1.54, 1.807) is 12.1 Å². The van der Waals surface area contributed by atoms with Crippen molar-refractivity contribution in [2.75, 3.05) is 0 Å². The van der Waals surface area contributed by atoms with Crippen molar-refractivity contribution in [1.82, 2.24) is 4.98 Å². The number of halogens is 2. The molecular formula is C15H13Cl2NO2. The molecule has 1 atom stereocenters. The number of pyridine rings is 1. The molecule has 3 nitrogen and oxygen atoms in total. The average molecular weight is 310 g/mol. The summed E-state index contributed by atoms with van der Waals surface area (Å²) in [6, 6.07) is 3.24. The Balaban J connectivity index is 2.44. The van der Waals surface area contributed by atoms with Gasteiger partial charge in [-0.25, -0.2) is 4.79 Å². The molecule has 5 heteroatoms. The van der Waals surface area contributed by atoms with Crippen molar-refractivity contribution >= 4 is 40.1 Å². The van der Waals surface area contributed by atoms with E-state index in [9.17, 15) is 9.90 Å². The van der Waals surface area contributed by atoms with E-state index < -0.39 is 5.97 Å². The fraction of sp³-hybridized carbons (Fsp3) is 0.333. The summed E-state index contributed by atoms with van der Waals surface area (Å²) in [5.74, 6) is -0.622. The summed E-state index contributed by atoms with van der Waals surface area (Å²) in [5, 5.41) is 10.9. The van der Waals surface area contributed by atoms with Gasteiger partial charge in [-0.3, -0.25) is 4.98 Å². The van der Waals surface area contributed by atoms with Crippen molar-refractivity contribution in [3.8, 4) is 0 Å². The molecule has 1 aromatic carbocycles. The molecule has 0 amide bonds. The molecule has 3 rings (SSSR count). The molecule has 1 aromatic heterocycles. The Morgan fingerprint density at radius 1 is 1.45 bits per heavy atom. The Hall–Kier alpha value is -1.32. The number of hydrogen-bond acceptors (Lipinski definition) is 2. The van der Waals surface area contributed by atoms with E-state index in [4.69, 9.17) is 23.2 Å². The van der Waals surface area contributed by atoms with Crippen LogP contribution in [0.1, 0.15) is 47.3 Å². The highest BCUT2D eigenvalue weighted by Crippen LogP contribution is 2.40. The van der Waals surface area contributed by atoms with Gasteiger partial charge in [-0.2, -0.15) is 0 Å². The molecular weight excluding hydrogens is 297 g/mol. The first-order chi connectivity index (χ1) is 9.52. The minimum atomic E-state index is -0.941. The summed E-state index contributed by atoms with van der Waals surface area (Å²) >= 11 is 12.2. The number of carbonyl (C=O) groups is 1. The number of fused-ring (bicyclic) bond motifs is 2. The van der Waals surface area contributed by atoms with Crippen LogP contribution in [0.4, 0.5) is 0 Å². The highest BCUT2D eigenvalue weighted by molar-refractivity contribution is 6.38. The number of nitrogens with zero attached hydrogens (tertiary/aromatic N) is 1. The second-order valence-corrected chi connectivity index (χ2v) is 5.93. The molecule has 0 fully saturated rings. The first-order valence-electron chi connectivity index (χ1n) is 6.57. The molecule has 2 aromatic rings. The van der Waals surface area contributed by atoms with Gasteiger partial charge in [0, 0.05) is 22.0 Å². The van der Waals surface area contributed by atoms with Gasteiger partial charge < -0.3 is 5.11 Å². The Morgan fingerprint density at radius 3 is 2.85 bits per heavy atom. The molecule has 1 aliphatic rings. The summed E-state index contributed by atoms with van der Waals surface area (Å²) in [7, 11) is 0. The number of hydrogen-bond donors (Lipinski definition) is 1. The molecule has 0 aliphatic heterocycles. The van der Waals surface area contributed by atoms with Gasteiger partial charge in [0.15, 0.2) is 0 Å². The normalized spacial score (nSPS) is 17.4. The van der Waals surface area contributed by atoms with Gasteiger partial charge >= 0.3 is 5.97 Å². The topological polar surface area (TPSA) is 50.2 Å². The molecule has 0 saturated carbocycles. The van der Waals surface area contributed by atoms with Gasteiger partial charge in [-0.15, -0.1) is 0 Å². The van der Waals surface area contributed by atoms with Crippen molar-refractivity contribution in [2.45, 2.75) is 32.1 Å². The molecule has 20 heavy (non-hydrogen) atoms. The lowest BCUT2D eigenvalue weighted by Crippen LogP contribution is -2.06. The quantitative estimate of drug-likeness (QED) is 0.876. The summed E-state index contributed by atoms with van der Waals surface area (Å²) in [6.07, 6.45) is 2.65. The first kappa shape index (κ1) is 13.7. The summed E-state index contributed by atoms with van der Waals surface area (Å²) < 4.78 is 0. The molecule has 1 unspecified atom stereocenters. The van der Waals surface area contributed by atoms with E-state index in [0.717, 1.165) is 30.5 Å². The zero-order valence-electron chi connectivity index (χ0n) is 10.9. The van der Waals surface area contributed by atoms with Gasteiger partial charge in [0.05, 0.1) is 16.1 Å². The van der Waals surface area contributed by atoms with E-state index in [1.807, 2.05) is 0 Å². The molecule has 0 radical (unpaired) electrons. The van der Waals surface area contributed by atoms with Crippen molar-refractivity contribution in [1.29, 1.82) is 0 Å². The van der Waals surface area contributed by atoms with Crippen molar-refractivity contribution < 1.29 is 9.90 Å². The predicted molar refractivity (Wildman–Crippen MR) is 80.1 cm³/mol. The van der Waals surface area contributed by atoms with Crippen LogP contribution in [0.5, 0.6) is 0 Å². The molecule has 1 N–H and O–H groups in total. The molecule has 104 valence electrons. The van der Waals surface area contributed by atoms with Crippen LogP contribution in [0.15, 0.2) is 12.1 Å². The zero-order valence-corrected chi connectivity index (χ0v) is 12.4. The lowest BCUT2D eigenvalue weighted by molar-refractivity contribution is 0.0698. The molecule has 0 bridgehead atoms. The van der Waals surface area contributed by atoms with Crippen molar-refractivity contribution in [3.63, 3.8) is 0 Å². The minimum absolute atomic E-state index is 0.311. The van der Waals surface area contributed by atoms with Crippen molar-refractivity contribution in [3.05, 3.63) is 39.0 Å². The summed E-state index contributed by atoms with van der Waals surface area (Å²) in [6.45, 7) is 2.09. The van der Waals surface area contributed by atoms with Gasteiger partial charge in [0.1, 0.15) is 0 Å². The predicted octanol–water partition coefficient (Wildman–Crippen LogP) is 4.68. The number of carboxylic acids is 1. The van der Waals surface area contributed by atoms with Crippen LogP contribution < -0.4 is 0 Å². The van der Waals surface area contributed by atoms with Crippen LogP contribution in [0.3, 0.4) is 0 Å². The average Bonchev–Trinajstić information content (AvgIpc) is 2.78. The third-order valence-electron chi connectivity index (χ3n) is 3.98. The van der Waals surface area contributed by atoms with Gasteiger partial charge in [-0.05, 0) is 37.0 Å². The Labute approximate surface area is 126 Å². The summed E-state index contributed by atoms with van der Waals surface area (Å²) in [4.78, 5) is 16.3. The lowest BCUT2D eigenvalue weighted by Gasteiger charge is -2.13. The summed E-state index contributed by atoms with van der Waals surface area (Å²) in [5.41, 5.74) is 2.58. The van der Waals surface area contributed by atoms with Gasteiger partial charge in [0.2, 0.25) is 0 Å². The third kappa shape index (κ3) is 1.97. The van der Waals surface area contributed by atoms with Crippen LogP contribution in [-0.4, -0.2) is 16.1 Å². The molecule has 0 saturated heterocycles. The number of rotatable bonds is 2. The van der Waals surface area contributed by atoms with E-state index in [1.165, 1.54) is 0 Å². The fourth-order valence-electron chi connectivity index (χ4n) is 3.04. The van der Waals surface area contributed by atoms with E-state index in [2.05, 4.69) is 11.9 Å². The Kier molecular flexibility index (Phi) is 3.35. The maximum Gasteiger partial charge on any atom is 0.336 e. The molecule has 0 spiro atoms. The SMILES string of the molecule is CCC1CCc2c1nc1c(Cl)cc(Cl)cc1c2C(=O)O. The van der Waals surface area contributed by atoms with E-state index >= 15 is 0 Å². The van der Waals surface area contributed by atoms with Crippen LogP contribution in [0.25, 0.3) is 10.9 Å². The largest absolute Gasteiger partial charge is 0.478 e. The van der Waals surface area contributed by atoms with Crippen LogP contribution in [-0.2, 0) is 6.42 Å². The standard InChI is InChI=1S/C15H13Cl2NO2/c1-2-7-3-4-9-12(15(19)20)10-5-8(16)6-11(17)14(10)18-13(7)9/h5-7H,2-4H2,1H3,(H,19,20). The maximum atomic E-state index is 11.7. The van der Waals surface area contributed by atoms with E-state index in [-0.39, 0.29) is 0 Å². The number of carboxylic acid groups (broad SMARTS) is 1. The monoisotopic (exact) mass is 309 g/mol. The Morgan fingerprint density at radius 2 is 2.20 bits per heavy atom. The van der Waals surface area contributed by atoms with Crippen LogP contribution in [0.2, 0.25) is 10.0 Å². The Bertz CT molecular complexity index is 728. The van der Waals surface area contributed by atoms with Gasteiger partial charge in [-0.1, -0.05) is 30.1 Å². The highest BCUT2D eigenvalue weighted by atomic mass is 35.5. The minimum Gasteiger partial charge on any atom is -0.478 e. The number of benzene rings is 1. The van der Waals surface area contributed by atoms with Crippen LogP contribution >= 0.6 is 23.2 Å². The molecule has 1 aliphatic carbocycles.